The van der Waals surface area contributed by atoms with Gasteiger partial charge in [0.05, 0.1) is 7.11 Å². The maximum atomic E-state index is 12.4. The third-order valence-corrected chi connectivity index (χ3v) is 4.80. The highest BCUT2D eigenvalue weighted by Crippen LogP contribution is 2.21. The van der Waals surface area contributed by atoms with Crippen molar-refractivity contribution in [1.82, 2.24) is 9.13 Å². The molecule has 9 heteroatoms. The first kappa shape index (κ1) is 16.8. The molecule has 8 nitrogen and oxygen atoms in total. The van der Waals surface area contributed by atoms with Gasteiger partial charge in [0.25, 0.3) is 5.56 Å². The van der Waals surface area contributed by atoms with Crippen LogP contribution in [0.4, 0.5) is 0 Å². The smallest absolute Gasteiger partial charge is 0.346 e. The lowest BCUT2D eigenvalue weighted by molar-refractivity contribution is 0.413. The number of aromatic nitrogens is 2. The minimum atomic E-state index is -4.39. The van der Waals surface area contributed by atoms with Crippen molar-refractivity contribution in [2.45, 2.75) is 11.8 Å². The van der Waals surface area contributed by atoms with Crippen molar-refractivity contribution in [2.75, 3.05) is 7.11 Å². The first-order valence-corrected chi connectivity index (χ1v) is 7.95. The molecular weight excluding hydrogens is 324 g/mol. The van der Waals surface area contributed by atoms with Crippen LogP contribution in [0.2, 0.25) is 0 Å². The van der Waals surface area contributed by atoms with E-state index < -0.39 is 26.3 Å². The fourth-order valence-corrected chi connectivity index (χ4v) is 3.30. The van der Waals surface area contributed by atoms with E-state index in [0.717, 1.165) is 9.13 Å². The van der Waals surface area contributed by atoms with Crippen LogP contribution in [0.15, 0.2) is 38.8 Å². The quantitative estimate of drug-likeness (QED) is 0.736. The van der Waals surface area contributed by atoms with Gasteiger partial charge in [-0.05, 0) is 31.2 Å². The van der Waals surface area contributed by atoms with Crippen LogP contribution in [0.3, 0.4) is 0 Å². The van der Waals surface area contributed by atoms with Crippen LogP contribution >= 0.6 is 0 Å². The number of rotatable bonds is 4. The second kappa shape index (κ2) is 5.92. The van der Waals surface area contributed by atoms with E-state index in [-0.39, 0.29) is 11.4 Å². The first-order chi connectivity index (χ1) is 10.7. The normalized spacial score (nSPS) is 11.3. The molecule has 1 aromatic carbocycles. The summed E-state index contributed by atoms with van der Waals surface area (Å²) in [6.45, 7) is 1.37. The van der Waals surface area contributed by atoms with Crippen molar-refractivity contribution >= 4 is 10.1 Å². The van der Waals surface area contributed by atoms with Gasteiger partial charge in [-0.2, -0.15) is 8.42 Å². The minimum Gasteiger partial charge on any atom is -0.497 e. The fourth-order valence-electron chi connectivity index (χ4n) is 2.00. The second-order valence-corrected chi connectivity index (χ2v) is 6.32. The molecule has 1 aromatic heterocycles. The predicted octanol–water partition coefficient (Wildman–Crippen LogP) is 0.169. The maximum Gasteiger partial charge on any atom is 0.346 e. The van der Waals surface area contributed by atoms with Gasteiger partial charge in [0.15, 0.2) is 4.90 Å². The lowest BCUT2D eigenvalue weighted by atomic mass is 10.3. The van der Waals surface area contributed by atoms with E-state index in [4.69, 9.17) is 8.92 Å². The molecule has 124 valence electrons. The van der Waals surface area contributed by atoms with Crippen LogP contribution in [0.25, 0.3) is 0 Å². The molecule has 0 aliphatic heterocycles. The van der Waals surface area contributed by atoms with Crippen molar-refractivity contribution in [2.24, 2.45) is 14.1 Å². The predicted molar refractivity (Wildman–Crippen MR) is 82.5 cm³/mol. The Morgan fingerprint density at radius 2 is 1.48 bits per heavy atom. The summed E-state index contributed by atoms with van der Waals surface area (Å²) in [4.78, 5) is 23.4. The summed E-state index contributed by atoms with van der Waals surface area (Å²) in [6.07, 6.45) is 0. The van der Waals surface area contributed by atoms with Gasteiger partial charge >= 0.3 is 15.8 Å². The first-order valence-electron chi connectivity index (χ1n) is 6.54. The molecule has 0 amide bonds. The van der Waals surface area contributed by atoms with Gasteiger partial charge in [-0.15, -0.1) is 0 Å². The molecule has 0 saturated carbocycles. The number of ether oxygens (including phenoxy) is 1. The number of hydrogen-bond donors (Lipinski definition) is 0. The molecule has 2 rings (SSSR count). The zero-order valence-electron chi connectivity index (χ0n) is 13.1. The Kier molecular flexibility index (Phi) is 4.33. The molecule has 0 N–H and O–H groups in total. The van der Waals surface area contributed by atoms with Gasteiger partial charge in [0.1, 0.15) is 11.5 Å². The van der Waals surface area contributed by atoms with Gasteiger partial charge in [-0.1, -0.05) is 0 Å². The Morgan fingerprint density at radius 3 is 2.00 bits per heavy atom. The molecule has 0 bridgehead atoms. The minimum absolute atomic E-state index is 0.00612. The molecule has 0 aliphatic carbocycles. The molecule has 1 heterocycles. The maximum absolute atomic E-state index is 12.4. The molecule has 23 heavy (non-hydrogen) atoms. The Labute approximate surface area is 132 Å². The second-order valence-electron chi connectivity index (χ2n) is 4.83. The van der Waals surface area contributed by atoms with Crippen LogP contribution in [0.1, 0.15) is 5.69 Å². The van der Waals surface area contributed by atoms with Crippen LogP contribution < -0.4 is 20.2 Å². The Balaban J connectivity index is 2.56. The van der Waals surface area contributed by atoms with Crippen molar-refractivity contribution in [3.05, 3.63) is 50.8 Å². The molecule has 0 fully saturated rings. The van der Waals surface area contributed by atoms with E-state index in [1.54, 1.807) is 0 Å². The standard InChI is InChI=1S/C14H16N2O6S/c1-9-12(13(17)16(3)14(18)15(9)2)23(19,20)22-11-7-5-10(21-4)6-8-11/h5-8H,1-4H3. The Morgan fingerprint density at radius 1 is 0.957 bits per heavy atom. The summed E-state index contributed by atoms with van der Waals surface area (Å²) in [7, 11) is -0.330. The van der Waals surface area contributed by atoms with Crippen molar-refractivity contribution in [3.63, 3.8) is 0 Å². The summed E-state index contributed by atoms with van der Waals surface area (Å²) in [5.41, 5.74) is -1.54. The average Bonchev–Trinajstić information content (AvgIpc) is 2.51. The molecular formula is C14H16N2O6S. The van der Waals surface area contributed by atoms with Gasteiger partial charge in [-0.3, -0.25) is 13.9 Å². The van der Waals surface area contributed by atoms with Crippen LogP contribution in [0, 0.1) is 6.92 Å². The summed E-state index contributed by atoms with van der Waals surface area (Å²) in [6, 6.07) is 5.85. The molecule has 0 unspecified atom stereocenters. The van der Waals surface area contributed by atoms with E-state index in [2.05, 4.69) is 0 Å². The van der Waals surface area contributed by atoms with Crippen LogP contribution in [0.5, 0.6) is 11.5 Å². The van der Waals surface area contributed by atoms with Crippen molar-refractivity contribution in [1.29, 1.82) is 0 Å². The molecule has 2 aromatic rings. The van der Waals surface area contributed by atoms with E-state index in [0.29, 0.717) is 5.75 Å². The summed E-state index contributed by atoms with van der Waals surface area (Å²) < 4.78 is 36.6. The topological polar surface area (TPSA) is 96.6 Å². The van der Waals surface area contributed by atoms with Crippen LogP contribution in [-0.2, 0) is 24.2 Å². The van der Waals surface area contributed by atoms with Gasteiger partial charge in [-0.25, -0.2) is 4.79 Å². The van der Waals surface area contributed by atoms with E-state index in [9.17, 15) is 18.0 Å². The monoisotopic (exact) mass is 340 g/mol. The summed E-state index contributed by atoms with van der Waals surface area (Å²) in [5, 5.41) is 0. The van der Waals surface area contributed by atoms with E-state index >= 15 is 0 Å². The number of hydrogen-bond acceptors (Lipinski definition) is 6. The van der Waals surface area contributed by atoms with Crippen LogP contribution in [-0.4, -0.2) is 24.7 Å². The summed E-state index contributed by atoms with van der Waals surface area (Å²) >= 11 is 0. The molecule has 0 aliphatic rings. The SMILES string of the molecule is COc1ccc(OS(=O)(=O)c2c(C)n(C)c(=O)n(C)c2=O)cc1. The lowest BCUT2D eigenvalue weighted by Crippen LogP contribution is -2.41. The number of nitrogens with zero attached hydrogens (tertiary/aromatic N) is 2. The third-order valence-electron chi connectivity index (χ3n) is 3.42. The third kappa shape index (κ3) is 3.00. The van der Waals surface area contributed by atoms with Crippen molar-refractivity contribution < 1.29 is 17.3 Å². The lowest BCUT2D eigenvalue weighted by Gasteiger charge is -2.13. The highest BCUT2D eigenvalue weighted by atomic mass is 32.2. The molecule has 0 radical (unpaired) electrons. The average molecular weight is 340 g/mol. The van der Waals surface area contributed by atoms with Gasteiger partial charge in [0, 0.05) is 19.8 Å². The fraction of sp³-hybridized carbons (Fsp3) is 0.286. The number of benzene rings is 1. The van der Waals surface area contributed by atoms with Crippen molar-refractivity contribution in [3.8, 4) is 11.5 Å². The summed E-state index contributed by atoms with van der Waals surface area (Å²) in [5.74, 6) is 0.560. The van der Waals surface area contributed by atoms with Gasteiger partial charge < -0.3 is 8.92 Å². The van der Waals surface area contributed by atoms with E-state index in [1.165, 1.54) is 52.4 Å². The highest BCUT2D eigenvalue weighted by molar-refractivity contribution is 7.87. The highest BCUT2D eigenvalue weighted by Gasteiger charge is 2.27. The number of methoxy groups -OCH3 is 1. The molecule has 0 atom stereocenters. The Bertz CT molecular complexity index is 954. The largest absolute Gasteiger partial charge is 0.497 e. The zero-order valence-corrected chi connectivity index (χ0v) is 13.9. The Hall–Kier alpha value is -2.55. The van der Waals surface area contributed by atoms with E-state index in [1.807, 2.05) is 0 Å². The van der Waals surface area contributed by atoms with Gasteiger partial charge in [0.2, 0.25) is 0 Å². The molecule has 0 spiro atoms. The molecule has 0 saturated heterocycles. The zero-order chi connectivity index (χ0) is 17.4.